The van der Waals surface area contributed by atoms with Gasteiger partial charge in [0.1, 0.15) is 5.69 Å². The zero-order chi connectivity index (χ0) is 34.5. The van der Waals surface area contributed by atoms with E-state index in [9.17, 15) is 24.0 Å². The molecular formula is C36H36N4O8. The Hall–Kier alpha value is -5.65. The predicted octanol–water partition coefficient (Wildman–Crippen LogP) is 5.31. The van der Waals surface area contributed by atoms with Crippen LogP contribution in [0, 0.1) is 18.8 Å². The molecule has 0 radical (unpaired) electrons. The molecule has 1 aliphatic carbocycles. The van der Waals surface area contributed by atoms with Gasteiger partial charge in [-0.2, -0.15) is 0 Å². The number of H-pyrrole nitrogens is 1. The number of esters is 2. The van der Waals surface area contributed by atoms with Crippen LogP contribution in [0.2, 0.25) is 0 Å². The first-order chi connectivity index (χ1) is 22.9. The Morgan fingerprint density at radius 2 is 1.77 bits per heavy atom. The highest BCUT2D eigenvalue weighted by Gasteiger charge is 2.27. The summed E-state index contributed by atoms with van der Waals surface area (Å²) in [6.07, 6.45) is 2.48. The number of carbonyl (C=O) groups is 4. The highest BCUT2D eigenvalue weighted by Crippen LogP contribution is 2.32. The lowest BCUT2D eigenvalue weighted by Gasteiger charge is -2.18. The zero-order valence-corrected chi connectivity index (χ0v) is 27.1. The summed E-state index contributed by atoms with van der Waals surface area (Å²) in [6.45, 7) is 10.9. The number of ether oxygens (including phenoxy) is 2. The number of hydrogen-bond acceptors (Lipinski definition) is 10. The van der Waals surface area contributed by atoms with Crippen LogP contribution in [-0.2, 0) is 20.7 Å². The van der Waals surface area contributed by atoms with Crippen molar-refractivity contribution in [3.63, 3.8) is 0 Å². The molecule has 0 aliphatic heterocycles. The summed E-state index contributed by atoms with van der Waals surface area (Å²) < 4.78 is 15.3. The highest BCUT2D eigenvalue weighted by atomic mass is 16.7. The van der Waals surface area contributed by atoms with Crippen molar-refractivity contribution in [3.8, 4) is 22.5 Å². The Morgan fingerprint density at radius 3 is 2.40 bits per heavy atom. The van der Waals surface area contributed by atoms with Crippen molar-refractivity contribution in [2.75, 3.05) is 6.54 Å². The molecule has 1 atom stereocenters. The first-order valence-electron chi connectivity index (χ1n) is 15.6. The van der Waals surface area contributed by atoms with E-state index >= 15 is 0 Å². The molecule has 2 aromatic carbocycles. The standard InChI is InChI=1S/C36H36N4O8/c1-6-24-17-28(30(41)16-22-9-11-25(12-10-22)32-39-36(45)48-40-32)27(15-20(24)4)26-13-14-29(33(42)37-18-23-7-8-23)38-31(26)35(44)47-21(5)46-34(43)19(2)3/h6,9-15,17,19,21,23H,1,7-8,16,18H2,2-5H3,(H,37,42)(H,39,40,45). The van der Waals surface area contributed by atoms with Gasteiger partial charge in [-0.15, -0.1) is 0 Å². The summed E-state index contributed by atoms with van der Waals surface area (Å²) >= 11 is 0. The van der Waals surface area contributed by atoms with Gasteiger partial charge in [-0.1, -0.05) is 62.0 Å². The number of nitrogens with zero attached hydrogens (tertiary/aromatic N) is 2. The maximum atomic E-state index is 14.0. The van der Waals surface area contributed by atoms with Crippen molar-refractivity contribution < 1.29 is 33.2 Å². The van der Waals surface area contributed by atoms with Crippen molar-refractivity contribution in [1.29, 1.82) is 0 Å². The van der Waals surface area contributed by atoms with Crippen LogP contribution in [-0.4, -0.2) is 51.6 Å². The van der Waals surface area contributed by atoms with E-state index in [1.165, 1.54) is 13.0 Å². The third-order valence-electron chi connectivity index (χ3n) is 7.85. The van der Waals surface area contributed by atoms with Crippen LogP contribution in [0.3, 0.4) is 0 Å². The Morgan fingerprint density at radius 1 is 1.04 bits per heavy atom. The highest BCUT2D eigenvalue weighted by molar-refractivity contribution is 6.07. The number of benzene rings is 2. The van der Waals surface area contributed by atoms with Crippen molar-refractivity contribution in [3.05, 3.63) is 99.3 Å². The molecule has 12 nitrogen and oxygen atoms in total. The van der Waals surface area contributed by atoms with E-state index in [1.54, 1.807) is 62.4 Å². The molecule has 0 saturated heterocycles. The fourth-order valence-electron chi connectivity index (χ4n) is 4.95. The van der Waals surface area contributed by atoms with Gasteiger partial charge in [0.2, 0.25) is 6.29 Å². The number of Topliss-reactive ketones (excluding diaryl/α,β-unsaturated/α-hetero) is 1. The van der Waals surface area contributed by atoms with Gasteiger partial charge in [-0.3, -0.25) is 23.9 Å². The summed E-state index contributed by atoms with van der Waals surface area (Å²) in [4.78, 5) is 71.0. The zero-order valence-electron chi connectivity index (χ0n) is 27.1. The third kappa shape index (κ3) is 8.00. The van der Waals surface area contributed by atoms with Gasteiger partial charge >= 0.3 is 17.7 Å². The van der Waals surface area contributed by atoms with Gasteiger partial charge in [0.05, 0.1) is 5.92 Å². The number of ketones is 1. The number of carbonyl (C=O) groups excluding carboxylic acids is 4. The Bertz CT molecular complexity index is 1940. The fourth-order valence-corrected chi connectivity index (χ4v) is 4.95. The van der Waals surface area contributed by atoms with Crippen LogP contribution in [0.1, 0.15) is 81.6 Å². The maximum absolute atomic E-state index is 14.0. The Labute approximate surface area is 276 Å². The van der Waals surface area contributed by atoms with Crippen LogP contribution in [0.25, 0.3) is 28.6 Å². The number of hydrogen-bond donors (Lipinski definition) is 2. The molecule has 5 rings (SSSR count). The first-order valence-corrected chi connectivity index (χ1v) is 15.6. The molecule has 2 aromatic heterocycles. The maximum Gasteiger partial charge on any atom is 0.439 e. The van der Waals surface area contributed by atoms with E-state index in [0.29, 0.717) is 34.7 Å². The second-order valence-electron chi connectivity index (χ2n) is 12.0. The van der Waals surface area contributed by atoms with Gasteiger partial charge < -0.3 is 14.8 Å². The van der Waals surface area contributed by atoms with E-state index in [1.807, 2.05) is 6.92 Å². The van der Waals surface area contributed by atoms with Gasteiger partial charge in [-0.05, 0) is 66.1 Å². The van der Waals surface area contributed by atoms with E-state index in [-0.39, 0.29) is 35.0 Å². The average Bonchev–Trinajstić information content (AvgIpc) is 3.80. The first kappa shape index (κ1) is 33.7. The van der Waals surface area contributed by atoms with Crippen LogP contribution in [0.15, 0.2) is 64.4 Å². The normalized spacial score (nSPS) is 13.1. The Balaban J connectivity index is 1.51. The molecule has 1 fully saturated rings. The SMILES string of the molecule is C=Cc1cc(C(=O)Cc2ccc(-c3noc(=O)[nH]3)cc2)c(-c2ccc(C(=O)NCC3CC3)nc2C(=O)OC(C)OC(=O)C(C)C)cc1C. The van der Waals surface area contributed by atoms with Crippen molar-refractivity contribution >= 4 is 29.7 Å². The van der Waals surface area contributed by atoms with E-state index in [0.717, 1.165) is 24.0 Å². The van der Waals surface area contributed by atoms with Crippen LogP contribution < -0.4 is 11.1 Å². The molecule has 2 N–H and O–H groups in total. The molecule has 1 unspecified atom stereocenters. The number of aromatic nitrogens is 3. The molecular weight excluding hydrogens is 616 g/mol. The van der Waals surface area contributed by atoms with Crippen molar-refractivity contribution in [2.24, 2.45) is 11.8 Å². The molecule has 0 bridgehead atoms. The number of aromatic amines is 1. The number of pyridine rings is 1. The largest absolute Gasteiger partial charge is 0.439 e. The fraction of sp³-hybridized carbons (Fsp3) is 0.306. The number of rotatable bonds is 13. The summed E-state index contributed by atoms with van der Waals surface area (Å²) in [6, 6.07) is 13.4. The van der Waals surface area contributed by atoms with Gasteiger partial charge in [0, 0.05) is 36.6 Å². The molecule has 12 heteroatoms. The summed E-state index contributed by atoms with van der Waals surface area (Å²) in [5, 5.41) is 6.53. The van der Waals surface area contributed by atoms with Crippen molar-refractivity contribution in [1.82, 2.24) is 20.4 Å². The van der Waals surface area contributed by atoms with Gasteiger partial charge in [0.15, 0.2) is 17.3 Å². The van der Waals surface area contributed by atoms with Crippen LogP contribution in [0.5, 0.6) is 0 Å². The molecule has 48 heavy (non-hydrogen) atoms. The lowest BCUT2D eigenvalue weighted by Crippen LogP contribution is -2.28. The second kappa shape index (κ2) is 14.4. The molecule has 4 aromatic rings. The molecule has 248 valence electrons. The third-order valence-corrected chi connectivity index (χ3v) is 7.85. The topological polar surface area (TPSA) is 171 Å². The minimum Gasteiger partial charge on any atom is -0.425 e. The van der Waals surface area contributed by atoms with Crippen LogP contribution in [0.4, 0.5) is 0 Å². The minimum atomic E-state index is -1.24. The van der Waals surface area contributed by atoms with Gasteiger partial charge in [0.25, 0.3) is 5.91 Å². The molecule has 1 saturated carbocycles. The van der Waals surface area contributed by atoms with E-state index in [2.05, 4.69) is 31.5 Å². The summed E-state index contributed by atoms with van der Waals surface area (Å²) in [5.74, 6) is -2.63. The quantitative estimate of drug-likeness (QED) is 0.110. The van der Waals surface area contributed by atoms with Crippen molar-refractivity contribution in [2.45, 2.75) is 53.2 Å². The second-order valence-corrected chi connectivity index (χ2v) is 12.0. The number of aryl methyl sites for hydroxylation is 1. The van der Waals surface area contributed by atoms with Gasteiger partial charge in [-0.25, -0.2) is 14.6 Å². The van der Waals surface area contributed by atoms with E-state index < -0.39 is 35.8 Å². The average molecular weight is 653 g/mol. The molecule has 1 aliphatic rings. The lowest BCUT2D eigenvalue weighted by molar-refractivity contribution is -0.169. The summed E-state index contributed by atoms with van der Waals surface area (Å²) in [5.41, 5.74) is 3.52. The lowest BCUT2D eigenvalue weighted by atomic mass is 9.89. The number of amides is 1. The molecule has 2 heterocycles. The summed E-state index contributed by atoms with van der Waals surface area (Å²) in [7, 11) is 0. The number of nitrogens with one attached hydrogen (secondary N) is 2. The monoisotopic (exact) mass is 652 g/mol. The molecule has 1 amide bonds. The predicted molar refractivity (Wildman–Crippen MR) is 176 cm³/mol. The smallest absolute Gasteiger partial charge is 0.425 e. The van der Waals surface area contributed by atoms with E-state index in [4.69, 9.17) is 9.47 Å². The molecule has 0 spiro atoms. The minimum absolute atomic E-state index is 0.000683. The Kier molecular flexibility index (Phi) is 10.1. The van der Waals surface area contributed by atoms with Crippen LogP contribution >= 0.6 is 0 Å².